The first-order valence-corrected chi connectivity index (χ1v) is 9.06. The molecule has 0 radical (unpaired) electrons. The van der Waals surface area contributed by atoms with E-state index in [1.807, 2.05) is 61.3 Å². The third kappa shape index (κ3) is 3.70. The number of benzene rings is 1. The average Bonchev–Trinajstić information content (AvgIpc) is 2.68. The minimum atomic E-state index is -0.998. The van der Waals surface area contributed by atoms with Gasteiger partial charge in [-0.25, -0.2) is 0 Å². The second kappa shape index (κ2) is 7.41. The first-order chi connectivity index (χ1) is 12.4. The number of amides is 1. The highest BCUT2D eigenvalue weighted by atomic mass is 16.2. The Morgan fingerprint density at radius 3 is 2.38 bits per heavy atom. The fourth-order valence-corrected chi connectivity index (χ4v) is 3.46. The molecule has 1 aliphatic heterocycles. The molecule has 1 aliphatic rings. The Bertz CT molecular complexity index is 737. The van der Waals surface area contributed by atoms with Crippen molar-refractivity contribution in [1.29, 1.82) is 0 Å². The number of aryl methyl sites for hydroxylation is 1. The van der Waals surface area contributed by atoms with Crippen molar-refractivity contribution in [3.8, 4) is 0 Å². The van der Waals surface area contributed by atoms with Gasteiger partial charge in [0, 0.05) is 26.2 Å². The van der Waals surface area contributed by atoms with Gasteiger partial charge in [-0.3, -0.25) is 4.79 Å². The van der Waals surface area contributed by atoms with Crippen LogP contribution in [0.15, 0.2) is 42.5 Å². The Hall–Kier alpha value is -2.47. The number of anilines is 1. The fraction of sp³-hybridized carbons (Fsp3) is 0.450. The number of aromatic nitrogens is 2. The predicted molar refractivity (Wildman–Crippen MR) is 103 cm³/mol. The van der Waals surface area contributed by atoms with Gasteiger partial charge in [0.2, 0.25) is 5.91 Å². The molecule has 6 heteroatoms. The number of likely N-dealkylation sites (tertiary alicyclic amines) is 1. The van der Waals surface area contributed by atoms with Gasteiger partial charge < -0.3 is 15.5 Å². The van der Waals surface area contributed by atoms with Crippen molar-refractivity contribution in [2.75, 3.05) is 25.0 Å². The molecule has 2 heterocycles. The molecule has 0 bridgehead atoms. The van der Waals surface area contributed by atoms with Crippen LogP contribution >= 0.6 is 0 Å². The fourth-order valence-electron chi connectivity index (χ4n) is 3.46. The number of hydrogen-bond donors (Lipinski definition) is 1. The molecule has 3 rings (SSSR count). The molecule has 0 saturated carbocycles. The molecule has 138 valence electrons. The average molecular weight is 353 g/mol. The third-order valence-corrected chi connectivity index (χ3v) is 5.26. The SMILES string of the molecule is Cc1ccc(N(C)C2CCN(C(=O)C(C)(N)c3ccccc3)CC2)nn1. The van der Waals surface area contributed by atoms with Crippen LogP contribution in [-0.4, -0.2) is 47.2 Å². The maximum atomic E-state index is 13.0. The van der Waals surface area contributed by atoms with Gasteiger partial charge in [-0.05, 0) is 44.4 Å². The van der Waals surface area contributed by atoms with Crippen LogP contribution in [-0.2, 0) is 10.3 Å². The molecule has 6 nitrogen and oxygen atoms in total. The number of nitrogens with zero attached hydrogens (tertiary/aromatic N) is 4. The quantitative estimate of drug-likeness (QED) is 0.911. The molecule has 0 spiro atoms. The summed E-state index contributed by atoms with van der Waals surface area (Å²) in [5, 5.41) is 8.39. The summed E-state index contributed by atoms with van der Waals surface area (Å²) >= 11 is 0. The summed E-state index contributed by atoms with van der Waals surface area (Å²) in [7, 11) is 2.04. The molecular weight excluding hydrogens is 326 g/mol. The van der Waals surface area contributed by atoms with E-state index in [9.17, 15) is 4.79 Å². The Balaban J connectivity index is 1.63. The predicted octanol–water partition coefficient (Wildman–Crippen LogP) is 2.09. The maximum absolute atomic E-state index is 13.0. The lowest BCUT2D eigenvalue weighted by atomic mass is 9.90. The third-order valence-electron chi connectivity index (χ3n) is 5.26. The highest BCUT2D eigenvalue weighted by Gasteiger charge is 2.36. The van der Waals surface area contributed by atoms with Crippen LogP contribution in [0.3, 0.4) is 0 Å². The van der Waals surface area contributed by atoms with Crippen LogP contribution in [0.4, 0.5) is 5.82 Å². The van der Waals surface area contributed by atoms with Crippen molar-refractivity contribution in [3.63, 3.8) is 0 Å². The van der Waals surface area contributed by atoms with Gasteiger partial charge in [0.25, 0.3) is 0 Å². The largest absolute Gasteiger partial charge is 0.355 e. The zero-order valence-corrected chi connectivity index (χ0v) is 15.7. The molecule has 0 aliphatic carbocycles. The van der Waals surface area contributed by atoms with Gasteiger partial charge >= 0.3 is 0 Å². The summed E-state index contributed by atoms with van der Waals surface area (Å²) in [5.41, 5.74) is 7.15. The number of nitrogens with two attached hydrogens (primary N) is 1. The Labute approximate surface area is 155 Å². The Morgan fingerprint density at radius 1 is 1.15 bits per heavy atom. The van der Waals surface area contributed by atoms with Crippen molar-refractivity contribution in [2.45, 2.75) is 38.3 Å². The summed E-state index contributed by atoms with van der Waals surface area (Å²) in [6, 6.07) is 13.9. The zero-order valence-electron chi connectivity index (χ0n) is 15.7. The molecule has 2 aromatic rings. The van der Waals surface area contributed by atoms with E-state index >= 15 is 0 Å². The summed E-state index contributed by atoms with van der Waals surface area (Å²) < 4.78 is 0. The lowest BCUT2D eigenvalue weighted by Gasteiger charge is -2.40. The van der Waals surface area contributed by atoms with Gasteiger partial charge in [0.1, 0.15) is 5.54 Å². The van der Waals surface area contributed by atoms with Crippen LogP contribution in [0.1, 0.15) is 31.0 Å². The maximum Gasteiger partial charge on any atom is 0.246 e. The van der Waals surface area contributed by atoms with Gasteiger partial charge in [-0.1, -0.05) is 30.3 Å². The minimum Gasteiger partial charge on any atom is -0.355 e. The molecule has 1 aromatic carbocycles. The van der Waals surface area contributed by atoms with E-state index in [2.05, 4.69) is 15.1 Å². The first-order valence-electron chi connectivity index (χ1n) is 9.06. The van der Waals surface area contributed by atoms with Gasteiger partial charge in [0.05, 0.1) is 5.69 Å². The van der Waals surface area contributed by atoms with E-state index in [0.717, 1.165) is 29.9 Å². The monoisotopic (exact) mass is 353 g/mol. The second-order valence-electron chi connectivity index (χ2n) is 7.24. The Kier molecular flexibility index (Phi) is 5.23. The van der Waals surface area contributed by atoms with Crippen LogP contribution in [0.25, 0.3) is 0 Å². The summed E-state index contributed by atoms with van der Waals surface area (Å²) in [4.78, 5) is 17.0. The lowest BCUT2D eigenvalue weighted by Crippen LogP contribution is -2.54. The highest BCUT2D eigenvalue weighted by molar-refractivity contribution is 5.87. The molecule has 26 heavy (non-hydrogen) atoms. The Morgan fingerprint density at radius 2 is 1.81 bits per heavy atom. The van der Waals surface area contributed by atoms with Crippen molar-refractivity contribution < 1.29 is 4.79 Å². The summed E-state index contributed by atoms with van der Waals surface area (Å²) in [5.74, 6) is 0.855. The van der Waals surface area contributed by atoms with Crippen LogP contribution in [0, 0.1) is 6.92 Å². The van der Waals surface area contributed by atoms with Crippen molar-refractivity contribution >= 4 is 11.7 Å². The first kappa shape index (κ1) is 18.3. The van der Waals surface area contributed by atoms with Crippen LogP contribution in [0.5, 0.6) is 0 Å². The van der Waals surface area contributed by atoms with Gasteiger partial charge in [0.15, 0.2) is 5.82 Å². The molecule has 2 N–H and O–H groups in total. The van der Waals surface area contributed by atoms with E-state index in [4.69, 9.17) is 5.73 Å². The van der Waals surface area contributed by atoms with Crippen LogP contribution < -0.4 is 10.6 Å². The number of carbonyl (C=O) groups excluding carboxylic acids is 1. The minimum absolute atomic E-state index is 0.0140. The molecule has 1 atom stereocenters. The smallest absolute Gasteiger partial charge is 0.246 e. The molecular formula is C20H27N5O. The summed E-state index contributed by atoms with van der Waals surface area (Å²) in [6.45, 7) is 5.13. The second-order valence-corrected chi connectivity index (χ2v) is 7.24. The van der Waals surface area contributed by atoms with E-state index in [-0.39, 0.29) is 5.91 Å². The molecule has 1 fully saturated rings. The van der Waals surface area contributed by atoms with Crippen molar-refractivity contribution in [1.82, 2.24) is 15.1 Å². The van der Waals surface area contributed by atoms with Gasteiger partial charge in [-0.15, -0.1) is 5.10 Å². The molecule has 1 saturated heterocycles. The van der Waals surface area contributed by atoms with E-state index in [1.54, 1.807) is 6.92 Å². The number of piperidine rings is 1. The number of carbonyl (C=O) groups is 1. The van der Waals surface area contributed by atoms with E-state index in [1.165, 1.54) is 0 Å². The van der Waals surface area contributed by atoms with Gasteiger partial charge in [-0.2, -0.15) is 5.10 Å². The molecule has 1 amide bonds. The zero-order chi connectivity index (χ0) is 18.7. The number of rotatable bonds is 4. The topological polar surface area (TPSA) is 75.3 Å². The normalized spacial score (nSPS) is 17.6. The van der Waals surface area contributed by atoms with E-state index < -0.39 is 5.54 Å². The standard InChI is InChI=1S/C20H27N5O/c1-15-9-10-18(23-22-15)24(3)17-11-13-25(14-12-17)19(26)20(2,21)16-7-5-4-6-8-16/h4-10,17H,11-14,21H2,1-3H3. The highest BCUT2D eigenvalue weighted by Crippen LogP contribution is 2.25. The number of hydrogen-bond acceptors (Lipinski definition) is 5. The van der Waals surface area contributed by atoms with Crippen LogP contribution in [0.2, 0.25) is 0 Å². The van der Waals surface area contributed by atoms with Crippen molar-refractivity contribution in [2.24, 2.45) is 5.73 Å². The van der Waals surface area contributed by atoms with E-state index in [0.29, 0.717) is 19.1 Å². The molecule has 1 unspecified atom stereocenters. The summed E-state index contributed by atoms with van der Waals surface area (Å²) in [6.07, 6.45) is 1.78. The lowest BCUT2D eigenvalue weighted by molar-refractivity contribution is -0.137. The van der Waals surface area contributed by atoms with Crippen molar-refractivity contribution in [3.05, 3.63) is 53.7 Å². The molecule has 1 aromatic heterocycles.